The van der Waals surface area contributed by atoms with Crippen LogP contribution in [-0.2, 0) is 16.0 Å². The van der Waals surface area contributed by atoms with E-state index in [0.29, 0.717) is 13.2 Å². The van der Waals surface area contributed by atoms with E-state index >= 15 is 0 Å². The normalized spacial score (nSPS) is 23.4. The van der Waals surface area contributed by atoms with Gasteiger partial charge in [0.25, 0.3) is 0 Å². The van der Waals surface area contributed by atoms with E-state index in [1.807, 2.05) is 19.2 Å². The number of carboxylic acid groups (broad SMARTS) is 1. The van der Waals surface area contributed by atoms with Crippen LogP contribution in [0.3, 0.4) is 0 Å². The van der Waals surface area contributed by atoms with Gasteiger partial charge in [0.05, 0.1) is 19.1 Å². The molecule has 1 aliphatic heterocycles. The number of nitrogens with zero attached hydrogens (tertiary/aromatic N) is 2. The minimum atomic E-state index is -0.770. The lowest BCUT2D eigenvalue weighted by molar-refractivity contribution is -0.143. The Morgan fingerprint density at radius 3 is 2.89 bits per heavy atom. The Kier molecular flexibility index (Phi) is 4.28. The van der Waals surface area contributed by atoms with E-state index in [4.69, 9.17) is 9.84 Å². The maximum Gasteiger partial charge on any atom is 0.310 e. The number of pyridine rings is 1. The minimum Gasteiger partial charge on any atom is -0.481 e. The van der Waals surface area contributed by atoms with E-state index < -0.39 is 11.9 Å². The standard InChI is InChI=1S/C13H18N2O3/c1-15(7-4-10-2-5-14-6-3-10)12-9-18-8-11(12)13(16)17/h2-3,5-6,11-12H,4,7-9H2,1H3,(H,16,17). The Morgan fingerprint density at radius 1 is 1.50 bits per heavy atom. The lowest BCUT2D eigenvalue weighted by Gasteiger charge is -2.26. The summed E-state index contributed by atoms with van der Waals surface area (Å²) in [6.07, 6.45) is 4.43. The summed E-state index contributed by atoms with van der Waals surface area (Å²) in [7, 11) is 1.95. The highest BCUT2D eigenvalue weighted by Gasteiger charge is 2.36. The van der Waals surface area contributed by atoms with Gasteiger partial charge >= 0.3 is 5.97 Å². The van der Waals surface area contributed by atoms with Crippen LogP contribution in [0, 0.1) is 5.92 Å². The molecular formula is C13H18N2O3. The maximum absolute atomic E-state index is 11.1. The van der Waals surface area contributed by atoms with E-state index in [1.54, 1.807) is 12.4 Å². The quantitative estimate of drug-likeness (QED) is 0.831. The van der Waals surface area contributed by atoms with E-state index in [9.17, 15) is 4.79 Å². The molecule has 2 unspecified atom stereocenters. The van der Waals surface area contributed by atoms with Gasteiger partial charge in [0, 0.05) is 25.0 Å². The predicted molar refractivity (Wildman–Crippen MR) is 66.3 cm³/mol. The fourth-order valence-corrected chi connectivity index (χ4v) is 2.23. The molecule has 5 nitrogen and oxygen atoms in total. The molecule has 98 valence electrons. The number of hydrogen-bond donors (Lipinski definition) is 1. The van der Waals surface area contributed by atoms with Crippen LogP contribution in [0.5, 0.6) is 0 Å². The first kappa shape index (κ1) is 13.0. The van der Waals surface area contributed by atoms with Gasteiger partial charge in [-0.15, -0.1) is 0 Å². The molecule has 2 atom stereocenters. The van der Waals surface area contributed by atoms with Crippen LogP contribution in [0.4, 0.5) is 0 Å². The maximum atomic E-state index is 11.1. The third-order valence-electron chi connectivity index (χ3n) is 3.44. The number of ether oxygens (including phenoxy) is 1. The molecule has 2 heterocycles. The molecule has 1 aromatic rings. The van der Waals surface area contributed by atoms with Gasteiger partial charge in [-0.2, -0.15) is 0 Å². The van der Waals surface area contributed by atoms with Gasteiger partial charge in [-0.25, -0.2) is 0 Å². The van der Waals surface area contributed by atoms with Gasteiger partial charge in [0.15, 0.2) is 0 Å². The molecule has 5 heteroatoms. The number of rotatable bonds is 5. The molecule has 0 amide bonds. The second-order valence-corrected chi connectivity index (χ2v) is 4.64. The summed E-state index contributed by atoms with van der Waals surface area (Å²) in [5.74, 6) is -1.18. The highest BCUT2D eigenvalue weighted by atomic mass is 16.5. The van der Waals surface area contributed by atoms with Gasteiger partial charge < -0.3 is 9.84 Å². The molecule has 0 radical (unpaired) electrons. The fraction of sp³-hybridized carbons (Fsp3) is 0.538. The van der Waals surface area contributed by atoms with Crippen LogP contribution in [-0.4, -0.2) is 53.8 Å². The number of hydrogen-bond acceptors (Lipinski definition) is 4. The van der Waals surface area contributed by atoms with Gasteiger partial charge in [-0.3, -0.25) is 14.7 Å². The summed E-state index contributed by atoms with van der Waals surface area (Å²) in [5.41, 5.74) is 1.21. The van der Waals surface area contributed by atoms with E-state index in [-0.39, 0.29) is 6.04 Å². The molecular weight excluding hydrogens is 232 g/mol. The van der Waals surface area contributed by atoms with Gasteiger partial charge in [0.2, 0.25) is 0 Å². The van der Waals surface area contributed by atoms with E-state index in [1.165, 1.54) is 5.56 Å². The monoisotopic (exact) mass is 250 g/mol. The molecule has 1 aromatic heterocycles. The Labute approximate surface area is 106 Å². The summed E-state index contributed by atoms with van der Waals surface area (Å²) in [6, 6.07) is 3.94. The van der Waals surface area contributed by atoms with Gasteiger partial charge in [0.1, 0.15) is 0 Å². The first-order chi connectivity index (χ1) is 8.68. The zero-order chi connectivity index (χ0) is 13.0. The van der Waals surface area contributed by atoms with E-state index in [0.717, 1.165) is 13.0 Å². The molecule has 2 rings (SSSR count). The van der Waals surface area contributed by atoms with Crippen molar-refractivity contribution in [3.63, 3.8) is 0 Å². The summed E-state index contributed by atoms with van der Waals surface area (Å²) >= 11 is 0. The number of aromatic nitrogens is 1. The smallest absolute Gasteiger partial charge is 0.310 e. The highest BCUT2D eigenvalue weighted by Crippen LogP contribution is 2.19. The van der Waals surface area contributed by atoms with Crippen LogP contribution >= 0.6 is 0 Å². The Hall–Kier alpha value is -1.46. The fourth-order valence-electron chi connectivity index (χ4n) is 2.23. The number of likely N-dealkylation sites (N-methyl/N-ethyl adjacent to an activating group) is 1. The Bertz CT molecular complexity index is 396. The Morgan fingerprint density at radius 2 is 2.22 bits per heavy atom. The zero-order valence-corrected chi connectivity index (χ0v) is 10.5. The molecule has 0 saturated carbocycles. The minimum absolute atomic E-state index is 0.0238. The van der Waals surface area contributed by atoms with Crippen LogP contribution in [0.1, 0.15) is 5.56 Å². The molecule has 1 fully saturated rings. The van der Waals surface area contributed by atoms with Crippen LogP contribution in [0.15, 0.2) is 24.5 Å². The summed E-state index contributed by atoms with van der Waals surface area (Å²) < 4.78 is 5.27. The van der Waals surface area contributed by atoms with Crippen molar-refractivity contribution in [1.29, 1.82) is 0 Å². The first-order valence-corrected chi connectivity index (χ1v) is 6.08. The number of carboxylic acids is 1. The van der Waals surface area contributed by atoms with Crippen LogP contribution in [0.2, 0.25) is 0 Å². The Balaban J connectivity index is 1.88. The van der Waals surface area contributed by atoms with Crippen molar-refractivity contribution in [3.8, 4) is 0 Å². The van der Waals surface area contributed by atoms with Crippen molar-refractivity contribution in [2.75, 3.05) is 26.8 Å². The van der Waals surface area contributed by atoms with Crippen molar-refractivity contribution >= 4 is 5.97 Å². The molecule has 0 aliphatic carbocycles. The van der Waals surface area contributed by atoms with Crippen molar-refractivity contribution in [3.05, 3.63) is 30.1 Å². The largest absolute Gasteiger partial charge is 0.481 e. The first-order valence-electron chi connectivity index (χ1n) is 6.08. The summed E-state index contributed by atoms with van der Waals surface area (Å²) in [5, 5.41) is 9.10. The van der Waals surface area contributed by atoms with Crippen molar-refractivity contribution in [2.24, 2.45) is 5.92 Å². The average molecular weight is 250 g/mol. The van der Waals surface area contributed by atoms with Crippen LogP contribution in [0.25, 0.3) is 0 Å². The SMILES string of the molecule is CN(CCc1ccncc1)C1COCC1C(=O)O. The predicted octanol–water partition coefficient (Wildman–Crippen LogP) is 0.655. The number of carbonyl (C=O) groups is 1. The van der Waals surface area contributed by atoms with Crippen molar-refractivity contribution in [1.82, 2.24) is 9.88 Å². The van der Waals surface area contributed by atoms with Gasteiger partial charge in [-0.05, 0) is 31.2 Å². The third kappa shape index (κ3) is 3.05. The van der Waals surface area contributed by atoms with Crippen molar-refractivity contribution < 1.29 is 14.6 Å². The average Bonchev–Trinajstić information content (AvgIpc) is 2.86. The molecule has 1 saturated heterocycles. The zero-order valence-electron chi connectivity index (χ0n) is 10.5. The highest BCUT2D eigenvalue weighted by molar-refractivity contribution is 5.71. The second-order valence-electron chi connectivity index (χ2n) is 4.64. The molecule has 0 spiro atoms. The molecule has 0 aromatic carbocycles. The molecule has 1 aliphatic rings. The van der Waals surface area contributed by atoms with Gasteiger partial charge in [-0.1, -0.05) is 0 Å². The van der Waals surface area contributed by atoms with E-state index in [2.05, 4.69) is 9.88 Å². The lowest BCUT2D eigenvalue weighted by Crippen LogP contribution is -2.41. The summed E-state index contributed by atoms with van der Waals surface area (Å²) in [6.45, 7) is 1.64. The second kappa shape index (κ2) is 5.93. The molecule has 0 bridgehead atoms. The number of aliphatic carboxylic acids is 1. The molecule has 1 N–H and O–H groups in total. The molecule has 18 heavy (non-hydrogen) atoms. The summed E-state index contributed by atoms with van der Waals surface area (Å²) in [4.78, 5) is 17.1. The lowest BCUT2D eigenvalue weighted by atomic mass is 10.0. The third-order valence-corrected chi connectivity index (χ3v) is 3.44. The van der Waals surface area contributed by atoms with Crippen molar-refractivity contribution in [2.45, 2.75) is 12.5 Å². The van der Waals surface area contributed by atoms with Crippen LogP contribution < -0.4 is 0 Å². The topological polar surface area (TPSA) is 62.7 Å².